The monoisotopic (exact) mass is 239 g/mol. The van der Waals surface area contributed by atoms with Gasteiger partial charge in [0.2, 0.25) is 0 Å². The predicted octanol–water partition coefficient (Wildman–Crippen LogP) is 3.24. The van der Waals surface area contributed by atoms with Crippen LogP contribution in [0, 0.1) is 5.92 Å². The molecule has 0 aliphatic heterocycles. The van der Waals surface area contributed by atoms with Crippen molar-refractivity contribution in [1.29, 1.82) is 0 Å². The molecular weight excluding hydrogens is 222 g/mol. The summed E-state index contributed by atoms with van der Waals surface area (Å²) < 4.78 is 5.81. The average Bonchev–Trinajstić information content (AvgIpc) is 3.09. The molecule has 1 aromatic carbocycles. The summed E-state index contributed by atoms with van der Waals surface area (Å²) in [4.78, 5) is 0. The number of hydrogen-bond donors (Lipinski definition) is 1. The largest absolute Gasteiger partial charge is 0.493 e. The molecule has 1 N–H and O–H groups in total. The van der Waals surface area contributed by atoms with Gasteiger partial charge in [0.25, 0.3) is 0 Å². The van der Waals surface area contributed by atoms with Gasteiger partial charge in [0.15, 0.2) is 0 Å². The minimum atomic E-state index is 0.770. The second-order valence-corrected chi connectivity index (χ2v) is 4.72. The zero-order valence-corrected chi connectivity index (χ0v) is 10.4. The fourth-order valence-electron chi connectivity index (χ4n) is 1.58. The van der Waals surface area contributed by atoms with Crippen LogP contribution in [0.4, 0.5) is 0 Å². The molecule has 0 bridgehead atoms. The molecule has 0 unspecified atom stereocenters. The molecule has 1 aromatic rings. The molecule has 0 aromatic heterocycles. The van der Waals surface area contributed by atoms with E-state index in [0.717, 1.165) is 41.9 Å². The zero-order chi connectivity index (χ0) is 11.4. The Morgan fingerprint density at radius 3 is 2.94 bits per heavy atom. The zero-order valence-electron chi connectivity index (χ0n) is 9.63. The van der Waals surface area contributed by atoms with Crippen molar-refractivity contribution < 1.29 is 4.74 Å². The summed E-state index contributed by atoms with van der Waals surface area (Å²) in [6.45, 7) is 4.71. The van der Waals surface area contributed by atoms with Crippen LogP contribution in [0.3, 0.4) is 0 Å². The highest BCUT2D eigenvalue weighted by Crippen LogP contribution is 2.31. The molecule has 0 heterocycles. The van der Waals surface area contributed by atoms with Crippen molar-refractivity contribution >= 4 is 11.6 Å². The number of benzene rings is 1. The van der Waals surface area contributed by atoms with Gasteiger partial charge in [0.1, 0.15) is 5.75 Å². The highest BCUT2D eigenvalue weighted by Gasteiger charge is 2.22. The molecule has 1 saturated carbocycles. The lowest BCUT2D eigenvalue weighted by Crippen LogP contribution is -2.13. The first-order valence-corrected chi connectivity index (χ1v) is 6.29. The average molecular weight is 240 g/mol. The molecule has 0 saturated heterocycles. The number of hydrogen-bond acceptors (Lipinski definition) is 2. The van der Waals surface area contributed by atoms with E-state index in [-0.39, 0.29) is 0 Å². The summed E-state index contributed by atoms with van der Waals surface area (Å²) in [7, 11) is 0. The molecule has 3 heteroatoms. The first kappa shape index (κ1) is 11.7. The van der Waals surface area contributed by atoms with Gasteiger partial charge < -0.3 is 10.1 Å². The van der Waals surface area contributed by atoms with Crippen LogP contribution in [0.2, 0.25) is 5.02 Å². The number of ether oxygens (including phenoxy) is 1. The third-order valence-electron chi connectivity index (χ3n) is 2.76. The third kappa shape index (κ3) is 3.39. The first-order valence-electron chi connectivity index (χ1n) is 5.91. The van der Waals surface area contributed by atoms with Crippen LogP contribution < -0.4 is 10.1 Å². The highest BCUT2D eigenvalue weighted by molar-refractivity contribution is 6.30. The topological polar surface area (TPSA) is 21.3 Å². The van der Waals surface area contributed by atoms with Crippen molar-refractivity contribution in [2.24, 2.45) is 5.92 Å². The van der Waals surface area contributed by atoms with Crippen LogP contribution >= 0.6 is 11.6 Å². The Bertz CT molecular complexity index is 350. The van der Waals surface area contributed by atoms with Crippen molar-refractivity contribution in [3.8, 4) is 5.75 Å². The van der Waals surface area contributed by atoms with E-state index in [9.17, 15) is 0 Å². The van der Waals surface area contributed by atoms with Gasteiger partial charge in [-0.2, -0.15) is 0 Å². The van der Waals surface area contributed by atoms with Crippen LogP contribution in [0.5, 0.6) is 5.75 Å². The Morgan fingerprint density at radius 1 is 1.44 bits per heavy atom. The van der Waals surface area contributed by atoms with Crippen molar-refractivity contribution in [2.75, 3.05) is 13.2 Å². The number of rotatable bonds is 6. The maximum Gasteiger partial charge on any atom is 0.123 e. The molecule has 0 radical (unpaired) electrons. The molecule has 0 spiro atoms. The predicted molar refractivity (Wildman–Crippen MR) is 67.1 cm³/mol. The van der Waals surface area contributed by atoms with Crippen molar-refractivity contribution in [2.45, 2.75) is 26.3 Å². The normalized spacial score (nSPS) is 15.1. The molecule has 2 rings (SSSR count). The quantitative estimate of drug-likeness (QED) is 0.823. The Morgan fingerprint density at radius 2 is 2.25 bits per heavy atom. The molecular formula is C13H18ClNO. The van der Waals surface area contributed by atoms with E-state index in [4.69, 9.17) is 16.3 Å². The van der Waals surface area contributed by atoms with Gasteiger partial charge in [-0.05, 0) is 43.5 Å². The van der Waals surface area contributed by atoms with Crippen LogP contribution in [0.1, 0.15) is 25.3 Å². The maximum absolute atomic E-state index is 5.99. The maximum atomic E-state index is 5.99. The Hall–Kier alpha value is -0.730. The molecule has 1 aliphatic rings. The highest BCUT2D eigenvalue weighted by atomic mass is 35.5. The number of halogens is 1. The Balaban J connectivity index is 2.00. The summed E-state index contributed by atoms with van der Waals surface area (Å²) >= 11 is 5.99. The van der Waals surface area contributed by atoms with E-state index in [1.54, 1.807) is 0 Å². The van der Waals surface area contributed by atoms with E-state index in [0.29, 0.717) is 0 Å². The first-order chi connectivity index (χ1) is 7.79. The van der Waals surface area contributed by atoms with E-state index < -0.39 is 0 Å². The molecule has 1 aliphatic carbocycles. The lowest BCUT2D eigenvalue weighted by Gasteiger charge is -2.11. The van der Waals surface area contributed by atoms with Crippen molar-refractivity contribution in [3.05, 3.63) is 28.8 Å². The SMILES string of the molecule is CCNCc1cc(Cl)ccc1OCC1CC1. The molecule has 0 amide bonds. The minimum Gasteiger partial charge on any atom is -0.493 e. The fourth-order valence-corrected chi connectivity index (χ4v) is 1.77. The minimum absolute atomic E-state index is 0.770. The Kier molecular flexibility index (Phi) is 4.08. The summed E-state index contributed by atoms with van der Waals surface area (Å²) in [5, 5.41) is 4.07. The smallest absolute Gasteiger partial charge is 0.123 e. The fraction of sp³-hybridized carbons (Fsp3) is 0.538. The summed E-state index contributed by atoms with van der Waals surface area (Å²) in [5.74, 6) is 1.75. The van der Waals surface area contributed by atoms with Crippen LogP contribution in [-0.4, -0.2) is 13.2 Å². The molecule has 88 valence electrons. The molecule has 2 nitrogen and oxygen atoms in total. The van der Waals surface area contributed by atoms with Crippen molar-refractivity contribution in [1.82, 2.24) is 5.32 Å². The third-order valence-corrected chi connectivity index (χ3v) is 2.99. The second kappa shape index (κ2) is 5.55. The lowest BCUT2D eigenvalue weighted by molar-refractivity contribution is 0.296. The summed E-state index contributed by atoms with van der Waals surface area (Å²) in [6, 6.07) is 5.84. The van der Waals surface area contributed by atoms with Crippen LogP contribution in [-0.2, 0) is 6.54 Å². The van der Waals surface area contributed by atoms with Crippen molar-refractivity contribution in [3.63, 3.8) is 0 Å². The molecule has 0 atom stereocenters. The van der Waals surface area contributed by atoms with Gasteiger partial charge in [-0.25, -0.2) is 0 Å². The molecule has 1 fully saturated rings. The van der Waals surface area contributed by atoms with Crippen LogP contribution in [0.25, 0.3) is 0 Å². The van der Waals surface area contributed by atoms with Gasteiger partial charge in [0.05, 0.1) is 6.61 Å². The van der Waals surface area contributed by atoms with E-state index in [1.807, 2.05) is 18.2 Å². The van der Waals surface area contributed by atoms with Crippen LogP contribution in [0.15, 0.2) is 18.2 Å². The van der Waals surface area contributed by atoms with Gasteiger partial charge in [0, 0.05) is 17.1 Å². The van der Waals surface area contributed by atoms with Gasteiger partial charge >= 0.3 is 0 Å². The Labute approximate surface area is 102 Å². The van der Waals surface area contributed by atoms with E-state index in [1.165, 1.54) is 12.8 Å². The lowest BCUT2D eigenvalue weighted by atomic mass is 10.2. The number of nitrogens with one attached hydrogen (secondary N) is 1. The van der Waals surface area contributed by atoms with Gasteiger partial charge in [-0.3, -0.25) is 0 Å². The van der Waals surface area contributed by atoms with Gasteiger partial charge in [-0.1, -0.05) is 18.5 Å². The van der Waals surface area contributed by atoms with E-state index in [2.05, 4.69) is 12.2 Å². The summed E-state index contributed by atoms with van der Waals surface area (Å²) in [6.07, 6.45) is 2.63. The molecule has 16 heavy (non-hydrogen) atoms. The van der Waals surface area contributed by atoms with E-state index >= 15 is 0 Å². The standard InChI is InChI=1S/C13H18ClNO/c1-2-15-8-11-7-12(14)5-6-13(11)16-9-10-3-4-10/h5-7,10,15H,2-4,8-9H2,1H3. The summed E-state index contributed by atoms with van der Waals surface area (Å²) in [5.41, 5.74) is 1.15. The second-order valence-electron chi connectivity index (χ2n) is 4.29. The van der Waals surface area contributed by atoms with Gasteiger partial charge in [-0.15, -0.1) is 0 Å².